The van der Waals surface area contributed by atoms with Gasteiger partial charge in [-0.15, -0.1) is 0 Å². The van der Waals surface area contributed by atoms with Crippen LogP contribution in [-0.2, 0) is 9.59 Å². The van der Waals surface area contributed by atoms with Crippen LogP contribution in [0.3, 0.4) is 0 Å². The van der Waals surface area contributed by atoms with Crippen molar-refractivity contribution in [3.05, 3.63) is 48.3 Å². The van der Waals surface area contributed by atoms with Crippen LogP contribution in [0.5, 0.6) is 5.75 Å². The maximum absolute atomic E-state index is 12.3. The largest absolute Gasteiger partial charge is 0.494 e. The first-order valence-corrected chi connectivity index (χ1v) is 9.95. The first-order chi connectivity index (χ1) is 14.5. The van der Waals surface area contributed by atoms with Gasteiger partial charge in [-0.25, -0.2) is 0 Å². The van der Waals surface area contributed by atoms with Gasteiger partial charge >= 0.3 is 0 Å². The van der Waals surface area contributed by atoms with Crippen molar-refractivity contribution in [1.29, 1.82) is 0 Å². The Labute approximate surface area is 176 Å². The number of ether oxygens (including phenoxy) is 1. The van der Waals surface area contributed by atoms with E-state index < -0.39 is 0 Å². The minimum absolute atomic E-state index is 0.0585. The molecule has 2 N–H and O–H groups in total. The van der Waals surface area contributed by atoms with Gasteiger partial charge in [0.15, 0.2) is 0 Å². The minimum Gasteiger partial charge on any atom is -0.494 e. The lowest BCUT2D eigenvalue weighted by molar-refractivity contribution is -0.131. The number of hydrogen-bond acceptors (Lipinski definition) is 5. The molecule has 0 spiro atoms. The molecule has 1 aromatic carbocycles. The number of carbonyl (C=O) groups is 3. The van der Waals surface area contributed by atoms with Crippen LogP contribution in [0.4, 0.5) is 11.4 Å². The van der Waals surface area contributed by atoms with Crippen molar-refractivity contribution >= 4 is 29.1 Å². The number of methoxy groups -OCH3 is 1. The molecule has 0 saturated carbocycles. The van der Waals surface area contributed by atoms with Gasteiger partial charge < -0.3 is 20.3 Å². The lowest BCUT2D eigenvalue weighted by atomic mass is 10.2. The molecule has 0 aliphatic rings. The van der Waals surface area contributed by atoms with E-state index >= 15 is 0 Å². The molecular weight excluding hydrogens is 384 g/mol. The van der Waals surface area contributed by atoms with Crippen LogP contribution in [0, 0.1) is 0 Å². The average Bonchev–Trinajstić information content (AvgIpc) is 2.76. The molecular formula is C22H28N4O4. The fraction of sp³-hybridized carbons (Fsp3) is 0.364. The lowest BCUT2D eigenvalue weighted by Crippen LogP contribution is -2.30. The zero-order chi connectivity index (χ0) is 21.9. The summed E-state index contributed by atoms with van der Waals surface area (Å²) in [5.74, 6) is -0.0162. The van der Waals surface area contributed by atoms with E-state index in [1.54, 1.807) is 41.4 Å². The standard InChI is InChI=1S/C22H28N4O4/c1-4-26(5-2)21(28)10-6-9-20(27)24-17-11-12-18(19(14-17)30-3)25-22(29)16-8-7-13-23-15-16/h7-8,11-15H,4-6,9-10H2,1-3H3,(H,24,27)(H,25,29). The molecule has 1 aromatic heterocycles. The molecule has 0 atom stereocenters. The van der Waals surface area contributed by atoms with Crippen molar-refractivity contribution < 1.29 is 19.1 Å². The number of rotatable bonds is 10. The van der Waals surface area contributed by atoms with Gasteiger partial charge in [-0.2, -0.15) is 0 Å². The second-order valence-electron chi connectivity index (χ2n) is 6.58. The third kappa shape index (κ3) is 6.58. The molecule has 8 nitrogen and oxygen atoms in total. The Morgan fingerprint density at radius 1 is 1.07 bits per heavy atom. The number of amides is 3. The number of anilines is 2. The van der Waals surface area contributed by atoms with Crippen molar-refractivity contribution in [3.8, 4) is 5.75 Å². The SMILES string of the molecule is CCN(CC)C(=O)CCCC(=O)Nc1ccc(NC(=O)c2cccnc2)c(OC)c1. The van der Waals surface area contributed by atoms with Crippen LogP contribution >= 0.6 is 0 Å². The van der Waals surface area contributed by atoms with E-state index in [1.165, 1.54) is 13.3 Å². The molecule has 2 aromatic rings. The van der Waals surface area contributed by atoms with E-state index in [1.807, 2.05) is 13.8 Å². The first kappa shape index (κ1) is 22.9. The summed E-state index contributed by atoms with van der Waals surface area (Å²) in [5, 5.41) is 5.56. The van der Waals surface area contributed by atoms with E-state index in [-0.39, 0.29) is 24.1 Å². The normalized spacial score (nSPS) is 10.2. The second-order valence-corrected chi connectivity index (χ2v) is 6.58. The maximum atomic E-state index is 12.3. The van der Waals surface area contributed by atoms with Crippen molar-refractivity contribution in [2.24, 2.45) is 0 Å². The van der Waals surface area contributed by atoms with E-state index in [2.05, 4.69) is 15.6 Å². The highest BCUT2D eigenvalue weighted by atomic mass is 16.5. The number of aromatic nitrogens is 1. The molecule has 2 rings (SSSR count). The minimum atomic E-state index is -0.309. The summed E-state index contributed by atoms with van der Waals surface area (Å²) in [6, 6.07) is 8.32. The van der Waals surface area contributed by atoms with Crippen LogP contribution in [0.15, 0.2) is 42.7 Å². The molecule has 0 fully saturated rings. The molecule has 1 heterocycles. The van der Waals surface area contributed by atoms with Crippen LogP contribution < -0.4 is 15.4 Å². The summed E-state index contributed by atoms with van der Waals surface area (Å²) in [7, 11) is 1.49. The molecule has 30 heavy (non-hydrogen) atoms. The quantitative estimate of drug-likeness (QED) is 0.623. The molecule has 8 heteroatoms. The van der Waals surface area contributed by atoms with Crippen molar-refractivity contribution in [1.82, 2.24) is 9.88 Å². The second kappa shape index (κ2) is 11.5. The number of pyridine rings is 1. The van der Waals surface area contributed by atoms with E-state index in [0.29, 0.717) is 48.6 Å². The van der Waals surface area contributed by atoms with E-state index in [0.717, 1.165) is 0 Å². The fourth-order valence-electron chi connectivity index (χ4n) is 2.92. The Morgan fingerprint density at radius 2 is 1.83 bits per heavy atom. The zero-order valence-corrected chi connectivity index (χ0v) is 17.6. The third-order valence-electron chi connectivity index (χ3n) is 4.57. The molecule has 0 radical (unpaired) electrons. The highest BCUT2D eigenvalue weighted by Gasteiger charge is 2.13. The topological polar surface area (TPSA) is 101 Å². The van der Waals surface area contributed by atoms with Gasteiger partial charge in [0.2, 0.25) is 11.8 Å². The molecule has 0 unspecified atom stereocenters. The van der Waals surface area contributed by atoms with Gasteiger partial charge in [0.1, 0.15) is 5.75 Å². The molecule has 160 valence electrons. The number of nitrogens with one attached hydrogen (secondary N) is 2. The van der Waals surface area contributed by atoms with Crippen molar-refractivity contribution in [2.75, 3.05) is 30.8 Å². The number of nitrogens with zero attached hydrogens (tertiary/aromatic N) is 2. The fourth-order valence-corrected chi connectivity index (χ4v) is 2.92. The maximum Gasteiger partial charge on any atom is 0.257 e. The van der Waals surface area contributed by atoms with Gasteiger partial charge in [0.05, 0.1) is 18.4 Å². The summed E-state index contributed by atoms with van der Waals surface area (Å²) in [6.45, 7) is 5.21. The zero-order valence-electron chi connectivity index (χ0n) is 17.6. The van der Waals surface area contributed by atoms with Crippen molar-refractivity contribution in [2.45, 2.75) is 33.1 Å². The number of hydrogen-bond donors (Lipinski definition) is 2. The number of carbonyl (C=O) groups excluding carboxylic acids is 3. The van der Waals surface area contributed by atoms with Crippen LogP contribution in [0.1, 0.15) is 43.5 Å². The van der Waals surface area contributed by atoms with Gasteiger partial charge in [-0.1, -0.05) is 0 Å². The Morgan fingerprint density at radius 3 is 2.47 bits per heavy atom. The highest BCUT2D eigenvalue weighted by Crippen LogP contribution is 2.28. The Hall–Kier alpha value is -3.42. The predicted molar refractivity (Wildman–Crippen MR) is 116 cm³/mol. The smallest absolute Gasteiger partial charge is 0.257 e. The lowest BCUT2D eigenvalue weighted by Gasteiger charge is -2.18. The highest BCUT2D eigenvalue weighted by molar-refractivity contribution is 6.05. The molecule has 3 amide bonds. The predicted octanol–water partition coefficient (Wildman–Crippen LogP) is 3.32. The molecule has 0 aliphatic carbocycles. The van der Waals surface area contributed by atoms with Gasteiger partial charge in [0, 0.05) is 50.1 Å². The van der Waals surface area contributed by atoms with Crippen LogP contribution in [0.2, 0.25) is 0 Å². The number of benzene rings is 1. The summed E-state index contributed by atoms with van der Waals surface area (Å²) in [5.41, 5.74) is 1.46. The van der Waals surface area contributed by atoms with Gasteiger partial charge in [-0.05, 0) is 44.5 Å². The Kier molecular flexibility index (Phi) is 8.80. The van der Waals surface area contributed by atoms with Gasteiger partial charge in [-0.3, -0.25) is 19.4 Å². The van der Waals surface area contributed by atoms with Gasteiger partial charge in [0.25, 0.3) is 5.91 Å². The monoisotopic (exact) mass is 412 g/mol. The summed E-state index contributed by atoms with van der Waals surface area (Å²) in [6.07, 6.45) is 4.14. The summed E-state index contributed by atoms with van der Waals surface area (Å²) >= 11 is 0. The Bertz CT molecular complexity index is 867. The van der Waals surface area contributed by atoms with Crippen LogP contribution in [-0.4, -0.2) is 47.8 Å². The van der Waals surface area contributed by atoms with Crippen LogP contribution in [0.25, 0.3) is 0 Å². The molecule has 0 saturated heterocycles. The van der Waals surface area contributed by atoms with E-state index in [9.17, 15) is 14.4 Å². The van der Waals surface area contributed by atoms with Crippen molar-refractivity contribution in [3.63, 3.8) is 0 Å². The molecule has 0 bridgehead atoms. The summed E-state index contributed by atoms with van der Waals surface area (Å²) < 4.78 is 5.34. The Balaban J connectivity index is 1.92. The summed E-state index contributed by atoms with van der Waals surface area (Å²) in [4.78, 5) is 42.2. The first-order valence-electron chi connectivity index (χ1n) is 9.95. The average molecular weight is 412 g/mol. The molecule has 0 aliphatic heterocycles. The third-order valence-corrected chi connectivity index (χ3v) is 4.57. The van der Waals surface area contributed by atoms with E-state index in [4.69, 9.17) is 4.74 Å².